The van der Waals surface area contributed by atoms with Gasteiger partial charge in [-0.15, -0.1) is 0 Å². The molecule has 3 nitrogen and oxygen atoms in total. The van der Waals surface area contributed by atoms with E-state index in [1.54, 1.807) is 7.11 Å². The van der Waals surface area contributed by atoms with Crippen molar-refractivity contribution in [1.29, 1.82) is 0 Å². The van der Waals surface area contributed by atoms with Crippen molar-refractivity contribution in [3.8, 4) is 0 Å². The number of aromatic nitrogens is 1. The van der Waals surface area contributed by atoms with Gasteiger partial charge >= 0.3 is 0 Å². The second kappa shape index (κ2) is 6.33. The van der Waals surface area contributed by atoms with Crippen LogP contribution in [0.3, 0.4) is 0 Å². The summed E-state index contributed by atoms with van der Waals surface area (Å²) in [5.41, 5.74) is 2.19. The van der Waals surface area contributed by atoms with Crippen LogP contribution < -0.4 is 5.32 Å². The number of nitrogens with zero attached hydrogens (tertiary/aromatic N) is 1. The van der Waals surface area contributed by atoms with Crippen LogP contribution in [0, 0.1) is 0 Å². The molecule has 0 amide bonds. The average molecular weight is 272 g/mol. The van der Waals surface area contributed by atoms with Crippen LogP contribution in [0.15, 0.2) is 36.5 Å². The quantitative estimate of drug-likeness (QED) is 0.870. The van der Waals surface area contributed by atoms with Crippen LogP contribution in [0.2, 0.25) is 0 Å². The highest BCUT2D eigenvalue weighted by molar-refractivity contribution is 5.79. The topological polar surface area (TPSA) is 34.1 Å². The molecular weight excluding hydrogens is 248 g/mol. The predicted octanol–water partition coefficient (Wildman–Crippen LogP) is 3.70. The van der Waals surface area contributed by atoms with Gasteiger partial charge < -0.3 is 10.1 Å². The van der Waals surface area contributed by atoms with E-state index in [4.69, 9.17) is 4.74 Å². The first-order valence-corrected chi connectivity index (χ1v) is 7.19. The highest BCUT2D eigenvalue weighted by atomic mass is 16.5. The van der Waals surface area contributed by atoms with Gasteiger partial charge in [0.1, 0.15) is 0 Å². The third-order valence-electron chi connectivity index (χ3n) is 3.73. The molecule has 1 atom stereocenters. The van der Waals surface area contributed by atoms with Crippen LogP contribution in [0.4, 0.5) is 0 Å². The molecule has 1 unspecified atom stereocenters. The second-order valence-corrected chi connectivity index (χ2v) is 5.73. The maximum Gasteiger partial charge on any atom is 0.0702 e. The molecule has 2 aromatic rings. The molecule has 1 aromatic carbocycles. The van der Waals surface area contributed by atoms with E-state index in [0.717, 1.165) is 18.5 Å². The summed E-state index contributed by atoms with van der Waals surface area (Å²) in [6.07, 6.45) is 2.76. The Hall–Kier alpha value is -1.45. The van der Waals surface area contributed by atoms with E-state index in [1.807, 2.05) is 12.3 Å². The van der Waals surface area contributed by atoms with Crippen LogP contribution in [0.25, 0.3) is 10.9 Å². The van der Waals surface area contributed by atoms with E-state index in [-0.39, 0.29) is 5.60 Å². The van der Waals surface area contributed by atoms with Crippen molar-refractivity contribution in [3.63, 3.8) is 0 Å². The van der Waals surface area contributed by atoms with Crippen LogP contribution >= 0.6 is 0 Å². The van der Waals surface area contributed by atoms with Gasteiger partial charge in [0, 0.05) is 24.7 Å². The van der Waals surface area contributed by atoms with Gasteiger partial charge in [0.2, 0.25) is 0 Å². The lowest BCUT2D eigenvalue weighted by molar-refractivity contribution is 0.00698. The number of benzene rings is 1. The van der Waals surface area contributed by atoms with Gasteiger partial charge in [-0.05, 0) is 50.6 Å². The summed E-state index contributed by atoms with van der Waals surface area (Å²) in [7, 11) is 1.77. The Morgan fingerprint density at radius 1 is 1.30 bits per heavy atom. The van der Waals surface area contributed by atoms with E-state index in [1.165, 1.54) is 10.9 Å². The van der Waals surface area contributed by atoms with E-state index in [0.29, 0.717) is 6.04 Å². The van der Waals surface area contributed by atoms with Crippen molar-refractivity contribution >= 4 is 10.9 Å². The highest BCUT2D eigenvalue weighted by Crippen LogP contribution is 2.27. The Bertz CT molecular complexity index is 566. The Kier molecular flexibility index (Phi) is 4.73. The monoisotopic (exact) mass is 272 g/mol. The smallest absolute Gasteiger partial charge is 0.0702 e. The van der Waals surface area contributed by atoms with E-state index < -0.39 is 0 Å². The molecule has 0 saturated heterocycles. The molecule has 0 bridgehead atoms. The van der Waals surface area contributed by atoms with Crippen LogP contribution in [0.1, 0.15) is 38.8 Å². The van der Waals surface area contributed by atoms with E-state index >= 15 is 0 Å². The van der Waals surface area contributed by atoms with Crippen LogP contribution in [-0.2, 0) is 4.74 Å². The zero-order chi connectivity index (χ0) is 14.6. The molecular formula is C17H24N2O. The number of fused-ring (bicyclic) bond motifs is 1. The van der Waals surface area contributed by atoms with Crippen molar-refractivity contribution in [2.24, 2.45) is 0 Å². The molecule has 1 N–H and O–H groups in total. The molecule has 0 aliphatic heterocycles. The lowest BCUT2D eigenvalue weighted by Crippen LogP contribution is -2.32. The maximum atomic E-state index is 5.57. The Labute approximate surface area is 121 Å². The SMILES string of the molecule is CCNC(CC(C)(C)OC)c1ccc2ncccc2c1. The van der Waals surface area contributed by atoms with E-state index in [2.05, 4.69) is 55.3 Å². The fourth-order valence-electron chi connectivity index (χ4n) is 2.44. The molecule has 0 aliphatic carbocycles. The summed E-state index contributed by atoms with van der Waals surface area (Å²) in [5, 5.41) is 4.74. The molecule has 108 valence electrons. The minimum atomic E-state index is -0.142. The van der Waals surface area contributed by atoms with Gasteiger partial charge in [-0.2, -0.15) is 0 Å². The summed E-state index contributed by atoms with van der Waals surface area (Å²) in [4.78, 5) is 4.37. The minimum Gasteiger partial charge on any atom is -0.379 e. The van der Waals surface area contributed by atoms with Crippen LogP contribution in [-0.4, -0.2) is 24.2 Å². The molecule has 0 fully saturated rings. The maximum absolute atomic E-state index is 5.57. The molecule has 0 saturated carbocycles. The summed E-state index contributed by atoms with van der Waals surface area (Å²) < 4.78 is 5.57. The van der Waals surface area contributed by atoms with Crippen molar-refractivity contribution in [1.82, 2.24) is 10.3 Å². The van der Waals surface area contributed by atoms with Gasteiger partial charge in [-0.25, -0.2) is 0 Å². The fourth-order valence-corrected chi connectivity index (χ4v) is 2.44. The molecule has 2 rings (SSSR count). The largest absolute Gasteiger partial charge is 0.379 e. The van der Waals surface area contributed by atoms with Crippen molar-refractivity contribution in [2.45, 2.75) is 38.8 Å². The third-order valence-corrected chi connectivity index (χ3v) is 3.73. The third kappa shape index (κ3) is 3.56. The second-order valence-electron chi connectivity index (χ2n) is 5.73. The lowest BCUT2D eigenvalue weighted by Gasteiger charge is -2.29. The molecule has 20 heavy (non-hydrogen) atoms. The van der Waals surface area contributed by atoms with Crippen molar-refractivity contribution in [2.75, 3.05) is 13.7 Å². The fraction of sp³-hybridized carbons (Fsp3) is 0.471. The van der Waals surface area contributed by atoms with Crippen molar-refractivity contribution in [3.05, 3.63) is 42.1 Å². The number of pyridine rings is 1. The van der Waals surface area contributed by atoms with Gasteiger partial charge in [0.15, 0.2) is 0 Å². The number of hydrogen-bond donors (Lipinski definition) is 1. The zero-order valence-electron chi connectivity index (χ0n) is 12.8. The Balaban J connectivity index is 2.31. The number of rotatable bonds is 6. The summed E-state index contributed by atoms with van der Waals surface area (Å²) in [5.74, 6) is 0. The standard InChI is InChI=1S/C17H24N2O/c1-5-18-16(12-17(2,3)20-4)14-8-9-15-13(11-14)7-6-10-19-15/h6-11,16,18H,5,12H2,1-4H3. The first-order valence-electron chi connectivity index (χ1n) is 7.19. The number of methoxy groups -OCH3 is 1. The number of nitrogens with one attached hydrogen (secondary N) is 1. The first kappa shape index (κ1) is 14.9. The molecule has 0 spiro atoms. The molecule has 0 radical (unpaired) electrons. The van der Waals surface area contributed by atoms with Gasteiger partial charge in [0.25, 0.3) is 0 Å². The number of hydrogen-bond acceptors (Lipinski definition) is 3. The molecule has 3 heteroatoms. The normalized spacial score (nSPS) is 13.6. The lowest BCUT2D eigenvalue weighted by atomic mass is 9.93. The molecule has 1 heterocycles. The van der Waals surface area contributed by atoms with Crippen molar-refractivity contribution < 1.29 is 4.74 Å². The number of ether oxygens (including phenoxy) is 1. The Morgan fingerprint density at radius 2 is 2.10 bits per heavy atom. The van der Waals surface area contributed by atoms with Gasteiger partial charge in [-0.3, -0.25) is 4.98 Å². The van der Waals surface area contributed by atoms with Gasteiger partial charge in [-0.1, -0.05) is 19.1 Å². The zero-order valence-corrected chi connectivity index (χ0v) is 12.8. The molecule has 1 aromatic heterocycles. The first-order chi connectivity index (χ1) is 9.55. The van der Waals surface area contributed by atoms with Crippen LogP contribution in [0.5, 0.6) is 0 Å². The highest BCUT2D eigenvalue weighted by Gasteiger charge is 2.23. The summed E-state index contributed by atoms with van der Waals surface area (Å²) >= 11 is 0. The molecule has 0 aliphatic rings. The predicted molar refractivity (Wildman–Crippen MR) is 83.9 cm³/mol. The van der Waals surface area contributed by atoms with Gasteiger partial charge in [0.05, 0.1) is 11.1 Å². The minimum absolute atomic E-state index is 0.142. The summed E-state index contributed by atoms with van der Waals surface area (Å²) in [6, 6.07) is 10.9. The average Bonchev–Trinajstić information content (AvgIpc) is 2.46. The van der Waals surface area contributed by atoms with E-state index in [9.17, 15) is 0 Å². The Morgan fingerprint density at radius 3 is 2.80 bits per heavy atom. The summed E-state index contributed by atoms with van der Waals surface area (Å²) in [6.45, 7) is 7.32.